The van der Waals surface area contributed by atoms with E-state index in [2.05, 4.69) is 17.2 Å². The van der Waals surface area contributed by atoms with Gasteiger partial charge in [-0.2, -0.15) is 0 Å². The summed E-state index contributed by atoms with van der Waals surface area (Å²) < 4.78 is 14.9. The smallest absolute Gasteiger partial charge is 0.258 e. The van der Waals surface area contributed by atoms with Crippen LogP contribution in [0.2, 0.25) is 0 Å². The average Bonchev–Trinajstić information content (AvgIpc) is 2.78. The Kier molecular flexibility index (Phi) is 5.37. The number of fused-ring (bicyclic) bond motifs is 1. The van der Waals surface area contributed by atoms with Crippen molar-refractivity contribution < 1.29 is 9.18 Å². The number of carbonyl (C=O) groups excluding carboxylic acids is 1. The van der Waals surface area contributed by atoms with Crippen LogP contribution in [0.1, 0.15) is 0 Å². The molecule has 6 heteroatoms. The second kappa shape index (κ2) is 8.28. The fourth-order valence-electron chi connectivity index (χ4n) is 3.47. The SMILES string of the molecule is C=CC(=O)Nc1ccc(Nc2ccc(F)cc2)c(-c2cn(C)c(=O)c3ccccc23)c1. The molecule has 0 atom stereocenters. The Hall–Kier alpha value is -4.19. The molecule has 1 aromatic heterocycles. The molecule has 0 radical (unpaired) electrons. The van der Waals surface area contributed by atoms with E-state index in [-0.39, 0.29) is 17.3 Å². The van der Waals surface area contributed by atoms with Gasteiger partial charge in [-0.25, -0.2) is 4.39 Å². The zero-order chi connectivity index (χ0) is 22.0. The van der Waals surface area contributed by atoms with Crippen molar-refractivity contribution in [3.8, 4) is 11.1 Å². The van der Waals surface area contributed by atoms with Gasteiger partial charge in [-0.05, 0) is 60.0 Å². The summed E-state index contributed by atoms with van der Waals surface area (Å²) in [6.45, 7) is 3.49. The summed E-state index contributed by atoms with van der Waals surface area (Å²) in [7, 11) is 1.70. The monoisotopic (exact) mass is 413 g/mol. The molecular weight excluding hydrogens is 393 g/mol. The van der Waals surface area contributed by atoms with Crippen molar-refractivity contribution in [3.63, 3.8) is 0 Å². The average molecular weight is 413 g/mol. The first-order valence-corrected chi connectivity index (χ1v) is 9.65. The van der Waals surface area contributed by atoms with Gasteiger partial charge in [0.05, 0.1) is 0 Å². The summed E-state index contributed by atoms with van der Waals surface area (Å²) in [4.78, 5) is 24.4. The van der Waals surface area contributed by atoms with E-state index in [0.717, 1.165) is 22.2 Å². The van der Waals surface area contributed by atoms with Crippen molar-refractivity contribution >= 4 is 33.7 Å². The minimum absolute atomic E-state index is 0.0940. The first-order chi connectivity index (χ1) is 15.0. The third kappa shape index (κ3) is 4.09. The Labute approximate surface area is 178 Å². The molecule has 0 unspecified atom stereocenters. The second-order valence-electron chi connectivity index (χ2n) is 7.09. The molecule has 0 bridgehead atoms. The molecule has 2 N–H and O–H groups in total. The Morgan fingerprint density at radius 2 is 1.65 bits per heavy atom. The fourth-order valence-corrected chi connectivity index (χ4v) is 3.47. The van der Waals surface area contributed by atoms with Gasteiger partial charge in [-0.3, -0.25) is 9.59 Å². The van der Waals surface area contributed by atoms with Crippen LogP contribution in [0.15, 0.2) is 90.4 Å². The van der Waals surface area contributed by atoms with E-state index in [1.54, 1.807) is 37.5 Å². The number of nitrogens with zero attached hydrogens (tertiary/aromatic N) is 1. The standard InChI is InChI=1S/C25H20FN3O2/c1-3-24(30)28-18-12-13-23(27-17-10-8-16(26)9-11-17)21(14-18)22-15-29(2)25(31)20-7-5-4-6-19(20)22/h3-15,27H,1H2,2H3,(H,28,30). The van der Waals surface area contributed by atoms with E-state index in [9.17, 15) is 14.0 Å². The van der Waals surface area contributed by atoms with Crippen LogP contribution in [-0.2, 0) is 11.8 Å². The first-order valence-electron chi connectivity index (χ1n) is 9.65. The van der Waals surface area contributed by atoms with Crippen molar-refractivity contribution in [2.24, 2.45) is 7.05 Å². The fraction of sp³-hybridized carbons (Fsp3) is 0.0400. The lowest BCUT2D eigenvalue weighted by molar-refractivity contribution is -0.111. The van der Waals surface area contributed by atoms with E-state index < -0.39 is 0 Å². The third-order valence-corrected chi connectivity index (χ3v) is 4.98. The molecular formula is C25H20FN3O2. The van der Waals surface area contributed by atoms with Gasteiger partial charge in [0.1, 0.15) is 5.82 Å². The number of carbonyl (C=O) groups is 1. The number of nitrogens with one attached hydrogen (secondary N) is 2. The maximum Gasteiger partial charge on any atom is 0.258 e. The summed E-state index contributed by atoms with van der Waals surface area (Å²) in [5, 5.41) is 7.46. The minimum Gasteiger partial charge on any atom is -0.355 e. The zero-order valence-corrected chi connectivity index (χ0v) is 16.9. The number of hydrogen-bond donors (Lipinski definition) is 2. The highest BCUT2D eigenvalue weighted by Gasteiger charge is 2.14. The summed E-state index contributed by atoms with van der Waals surface area (Å²) in [6.07, 6.45) is 2.97. The predicted octanol–water partition coefficient (Wildman–Crippen LogP) is 5.21. The van der Waals surface area contributed by atoms with E-state index in [1.807, 2.05) is 30.3 Å². The van der Waals surface area contributed by atoms with E-state index in [0.29, 0.717) is 16.8 Å². The number of aryl methyl sites for hydroxylation is 1. The van der Waals surface area contributed by atoms with Gasteiger partial charge < -0.3 is 15.2 Å². The molecule has 1 amide bonds. The quantitative estimate of drug-likeness (QED) is 0.442. The molecule has 0 saturated carbocycles. The number of pyridine rings is 1. The number of benzene rings is 3. The summed E-state index contributed by atoms with van der Waals surface area (Å²) in [5.74, 6) is -0.646. The maximum atomic E-state index is 13.3. The molecule has 0 aliphatic carbocycles. The van der Waals surface area contributed by atoms with Crippen molar-refractivity contribution in [3.05, 3.63) is 102 Å². The van der Waals surface area contributed by atoms with Crippen LogP contribution in [0, 0.1) is 5.82 Å². The molecule has 4 aromatic rings. The molecule has 0 spiro atoms. The van der Waals surface area contributed by atoms with Gasteiger partial charge in [0.15, 0.2) is 0 Å². The van der Waals surface area contributed by atoms with Gasteiger partial charge in [0.2, 0.25) is 5.91 Å². The van der Waals surface area contributed by atoms with E-state index in [4.69, 9.17) is 0 Å². The molecule has 0 fully saturated rings. The molecule has 154 valence electrons. The van der Waals surface area contributed by atoms with Crippen LogP contribution >= 0.6 is 0 Å². The number of anilines is 3. The highest BCUT2D eigenvalue weighted by molar-refractivity contribution is 6.03. The van der Waals surface area contributed by atoms with Crippen molar-refractivity contribution in [2.45, 2.75) is 0 Å². The second-order valence-corrected chi connectivity index (χ2v) is 7.09. The van der Waals surface area contributed by atoms with Crippen LogP contribution in [0.3, 0.4) is 0 Å². The van der Waals surface area contributed by atoms with Crippen molar-refractivity contribution in [2.75, 3.05) is 10.6 Å². The lowest BCUT2D eigenvalue weighted by Crippen LogP contribution is -2.16. The zero-order valence-electron chi connectivity index (χ0n) is 16.9. The lowest BCUT2D eigenvalue weighted by atomic mass is 9.98. The highest BCUT2D eigenvalue weighted by atomic mass is 19.1. The summed E-state index contributed by atoms with van der Waals surface area (Å²) in [6, 6.07) is 18.9. The molecule has 31 heavy (non-hydrogen) atoms. The topological polar surface area (TPSA) is 63.1 Å². The van der Waals surface area contributed by atoms with Gasteiger partial charge in [-0.1, -0.05) is 24.8 Å². The summed E-state index contributed by atoms with van der Waals surface area (Å²) >= 11 is 0. The molecule has 4 rings (SSSR count). The van der Waals surface area contributed by atoms with Crippen LogP contribution in [0.4, 0.5) is 21.5 Å². The van der Waals surface area contributed by atoms with Crippen molar-refractivity contribution in [1.29, 1.82) is 0 Å². The molecule has 3 aromatic carbocycles. The highest BCUT2D eigenvalue weighted by Crippen LogP contribution is 2.36. The molecule has 5 nitrogen and oxygen atoms in total. The molecule has 0 aliphatic rings. The number of aromatic nitrogens is 1. The lowest BCUT2D eigenvalue weighted by Gasteiger charge is -2.17. The van der Waals surface area contributed by atoms with Crippen LogP contribution in [0.5, 0.6) is 0 Å². The number of hydrogen-bond acceptors (Lipinski definition) is 3. The van der Waals surface area contributed by atoms with Crippen LogP contribution in [-0.4, -0.2) is 10.5 Å². The number of rotatable bonds is 5. The Bertz CT molecular complexity index is 1360. The molecule has 1 heterocycles. The van der Waals surface area contributed by atoms with Gasteiger partial charge in [-0.15, -0.1) is 0 Å². The number of halogens is 1. The predicted molar refractivity (Wildman–Crippen MR) is 123 cm³/mol. The Morgan fingerprint density at radius 3 is 2.35 bits per heavy atom. The third-order valence-electron chi connectivity index (χ3n) is 4.98. The van der Waals surface area contributed by atoms with Gasteiger partial charge in [0.25, 0.3) is 5.56 Å². The van der Waals surface area contributed by atoms with E-state index >= 15 is 0 Å². The van der Waals surface area contributed by atoms with Crippen LogP contribution in [0.25, 0.3) is 21.9 Å². The van der Waals surface area contributed by atoms with Gasteiger partial charge in [0, 0.05) is 46.8 Å². The van der Waals surface area contributed by atoms with Crippen molar-refractivity contribution in [1.82, 2.24) is 4.57 Å². The largest absolute Gasteiger partial charge is 0.355 e. The van der Waals surface area contributed by atoms with E-state index in [1.165, 1.54) is 22.8 Å². The molecule has 0 saturated heterocycles. The maximum absolute atomic E-state index is 13.3. The first kappa shape index (κ1) is 20.1. The molecule has 0 aliphatic heterocycles. The summed E-state index contributed by atoms with van der Waals surface area (Å²) in [5.41, 5.74) is 3.53. The van der Waals surface area contributed by atoms with Gasteiger partial charge >= 0.3 is 0 Å². The Morgan fingerprint density at radius 1 is 0.968 bits per heavy atom. The Balaban J connectivity index is 1.93. The number of amides is 1. The normalized spacial score (nSPS) is 10.6. The minimum atomic E-state index is -0.324. The van der Waals surface area contributed by atoms with Crippen LogP contribution < -0.4 is 16.2 Å².